The molecule has 0 saturated carbocycles. The van der Waals surface area contributed by atoms with Gasteiger partial charge in [0.2, 0.25) is 0 Å². The second kappa shape index (κ2) is 5.98. The highest BCUT2D eigenvalue weighted by Crippen LogP contribution is 2.50. The number of H-pyrrole nitrogens is 1. The molecular formula is C20H21N3O5. The number of rotatable bonds is 3. The summed E-state index contributed by atoms with van der Waals surface area (Å²) in [4.78, 5) is 27.1. The molecule has 146 valence electrons. The second-order valence-corrected chi connectivity index (χ2v) is 7.77. The van der Waals surface area contributed by atoms with Crippen LogP contribution in [0.5, 0.6) is 11.5 Å². The molecule has 3 aliphatic rings. The molecule has 8 nitrogen and oxygen atoms in total. The van der Waals surface area contributed by atoms with Gasteiger partial charge in [-0.15, -0.1) is 0 Å². The molecule has 3 heterocycles. The van der Waals surface area contributed by atoms with Crippen LogP contribution in [0.25, 0.3) is 0 Å². The largest absolute Gasteiger partial charge is 0.497 e. The highest BCUT2D eigenvalue weighted by molar-refractivity contribution is 5.95. The summed E-state index contributed by atoms with van der Waals surface area (Å²) in [7, 11) is 1.57. The Morgan fingerprint density at radius 3 is 3.04 bits per heavy atom. The summed E-state index contributed by atoms with van der Waals surface area (Å²) in [5.74, 6) is -0.211. The first kappa shape index (κ1) is 17.1. The third-order valence-electron chi connectivity index (χ3n) is 6.35. The molecule has 1 aromatic heterocycles. The molecule has 0 bridgehead atoms. The molecule has 2 aromatic rings. The standard InChI is InChI=1S/C20H21N3O5/c1-27-11-5-6-12-14-8-23(9-20(14,19(25)26)10-28-16(12)7-11)18(24)17-13-3-2-4-15(13)21-22-17/h5-7,14H,2-4,8-10H2,1H3,(H,21,22)(H,25,26)/t14-,20-/m1/s1. The van der Waals surface area contributed by atoms with Crippen LogP contribution in [0.3, 0.4) is 0 Å². The normalized spacial score (nSPS) is 24.9. The van der Waals surface area contributed by atoms with Gasteiger partial charge in [-0.05, 0) is 25.3 Å². The maximum absolute atomic E-state index is 13.2. The minimum absolute atomic E-state index is 0.0234. The summed E-state index contributed by atoms with van der Waals surface area (Å²) in [5, 5.41) is 17.2. The Morgan fingerprint density at radius 1 is 1.39 bits per heavy atom. The Labute approximate surface area is 161 Å². The number of carbonyl (C=O) groups is 2. The Balaban J connectivity index is 1.51. The molecule has 1 aliphatic carbocycles. The number of nitrogens with zero attached hydrogens (tertiary/aromatic N) is 2. The van der Waals surface area contributed by atoms with Gasteiger partial charge in [-0.3, -0.25) is 14.7 Å². The summed E-state index contributed by atoms with van der Waals surface area (Å²) in [6, 6.07) is 5.41. The molecule has 0 unspecified atom stereocenters. The number of aryl methyl sites for hydroxylation is 1. The number of hydrogen-bond acceptors (Lipinski definition) is 5. The highest BCUT2D eigenvalue weighted by atomic mass is 16.5. The molecule has 1 amide bonds. The molecule has 1 fully saturated rings. The van der Waals surface area contributed by atoms with Crippen molar-refractivity contribution in [3.8, 4) is 11.5 Å². The van der Waals surface area contributed by atoms with Gasteiger partial charge >= 0.3 is 5.97 Å². The smallest absolute Gasteiger partial charge is 0.315 e. The van der Waals surface area contributed by atoms with Crippen molar-refractivity contribution in [2.24, 2.45) is 5.41 Å². The molecular weight excluding hydrogens is 362 g/mol. The molecule has 0 radical (unpaired) electrons. The van der Waals surface area contributed by atoms with Gasteiger partial charge in [-0.1, -0.05) is 6.07 Å². The second-order valence-electron chi connectivity index (χ2n) is 7.77. The Hall–Kier alpha value is -3.03. The number of nitrogens with one attached hydrogen (secondary N) is 1. The van der Waals surface area contributed by atoms with Gasteiger partial charge in [0.25, 0.3) is 5.91 Å². The predicted molar refractivity (Wildman–Crippen MR) is 97.8 cm³/mol. The van der Waals surface area contributed by atoms with Gasteiger partial charge in [0.05, 0.1) is 7.11 Å². The number of likely N-dealkylation sites (tertiary alicyclic amines) is 1. The summed E-state index contributed by atoms with van der Waals surface area (Å²) in [6.45, 7) is 0.462. The molecule has 0 spiro atoms. The maximum atomic E-state index is 13.2. The first-order chi connectivity index (χ1) is 13.5. The minimum atomic E-state index is -1.16. The molecule has 8 heteroatoms. The molecule has 28 heavy (non-hydrogen) atoms. The van der Waals surface area contributed by atoms with Crippen LogP contribution in [0.4, 0.5) is 0 Å². The lowest BCUT2D eigenvalue weighted by molar-refractivity contribution is -0.151. The van der Waals surface area contributed by atoms with Crippen molar-refractivity contribution in [2.45, 2.75) is 25.2 Å². The van der Waals surface area contributed by atoms with Crippen LogP contribution in [-0.4, -0.2) is 58.9 Å². The quantitative estimate of drug-likeness (QED) is 0.834. The third-order valence-corrected chi connectivity index (χ3v) is 6.35. The van der Waals surface area contributed by atoms with Crippen molar-refractivity contribution < 1.29 is 24.2 Å². The molecule has 2 aliphatic heterocycles. The van der Waals surface area contributed by atoms with E-state index in [2.05, 4.69) is 10.2 Å². The molecule has 2 N–H and O–H groups in total. The van der Waals surface area contributed by atoms with Crippen molar-refractivity contribution >= 4 is 11.9 Å². The number of amides is 1. The Morgan fingerprint density at radius 2 is 2.25 bits per heavy atom. The van der Waals surface area contributed by atoms with E-state index in [1.807, 2.05) is 6.07 Å². The van der Waals surface area contributed by atoms with Gasteiger partial charge in [0.15, 0.2) is 5.69 Å². The number of ether oxygens (including phenoxy) is 2. The van der Waals surface area contributed by atoms with Crippen molar-refractivity contribution in [2.75, 3.05) is 26.8 Å². The predicted octanol–water partition coefficient (Wildman–Crippen LogP) is 1.61. The lowest BCUT2D eigenvalue weighted by atomic mass is 9.73. The number of methoxy groups -OCH3 is 1. The summed E-state index contributed by atoms with van der Waals surface area (Å²) in [6.07, 6.45) is 2.75. The van der Waals surface area contributed by atoms with Crippen molar-refractivity contribution in [1.82, 2.24) is 15.1 Å². The number of fused-ring (bicyclic) bond motifs is 4. The van der Waals surface area contributed by atoms with Crippen LogP contribution < -0.4 is 9.47 Å². The number of aromatic nitrogens is 2. The number of aromatic amines is 1. The zero-order chi connectivity index (χ0) is 19.5. The lowest BCUT2D eigenvalue weighted by Gasteiger charge is -2.35. The van der Waals surface area contributed by atoms with Crippen LogP contribution in [0.2, 0.25) is 0 Å². The van der Waals surface area contributed by atoms with Crippen LogP contribution in [-0.2, 0) is 17.6 Å². The topological polar surface area (TPSA) is 105 Å². The number of carboxylic acids is 1. The van der Waals surface area contributed by atoms with Gasteiger partial charge in [-0.25, -0.2) is 0 Å². The SMILES string of the molecule is COc1ccc2c(c1)OC[C@]1(C(=O)O)CN(C(=O)c3n[nH]c4c3CCC4)C[C@H]21. The zero-order valence-electron chi connectivity index (χ0n) is 15.5. The molecule has 1 aromatic carbocycles. The van der Waals surface area contributed by atoms with Crippen LogP contribution in [0, 0.1) is 5.41 Å². The Bertz CT molecular complexity index is 984. The average Bonchev–Trinajstić information content (AvgIpc) is 3.40. The van der Waals surface area contributed by atoms with E-state index in [-0.39, 0.29) is 25.0 Å². The summed E-state index contributed by atoms with van der Waals surface area (Å²) >= 11 is 0. The van der Waals surface area contributed by atoms with Crippen molar-refractivity contribution in [1.29, 1.82) is 0 Å². The monoisotopic (exact) mass is 383 g/mol. The van der Waals surface area contributed by atoms with Crippen molar-refractivity contribution in [3.05, 3.63) is 40.7 Å². The summed E-state index contributed by atoms with van der Waals surface area (Å²) < 4.78 is 11.1. The van der Waals surface area contributed by atoms with E-state index in [9.17, 15) is 14.7 Å². The van der Waals surface area contributed by atoms with E-state index >= 15 is 0 Å². The number of carbonyl (C=O) groups excluding carboxylic acids is 1. The van der Waals surface area contributed by atoms with Gasteiger partial charge < -0.3 is 19.5 Å². The van der Waals surface area contributed by atoms with Gasteiger partial charge in [0, 0.05) is 41.9 Å². The molecule has 1 saturated heterocycles. The zero-order valence-corrected chi connectivity index (χ0v) is 15.5. The van der Waals surface area contributed by atoms with E-state index in [0.29, 0.717) is 23.7 Å². The van der Waals surface area contributed by atoms with Crippen molar-refractivity contribution in [3.63, 3.8) is 0 Å². The van der Waals surface area contributed by atoms with Crippen LogP contribution in [0.1, 0.15) is 39.6 Å². The number of hydrogen-bond donors (Lipinski definition) is 2. The fourth-order valence-corrected chi connectivity index (χ4v) is 4.79. The maximum Gasteiger partial charge on any atom is 0.315 e. The van der Waals surface area contributed by atoms with Crippen LogP contribution >= 0.6 is 0 Å². The molecule has 5 rings (SSSR count). The first-order valence-corrected chi connectivity index (χ1v) is 9.43. The molecule has 2 atom stereocenters. The third kappa shape index (κ3) is 2.26. The number of aliphatic carboxylic acids is 1. The van der Waals surface area contributed by atoms with Gasteiger partial charge in [-0.2, -0.15) is 5.10 Å². The van der Waals surface area contributed by atoms with E-state index in [1.54, 1.807) is 24.1 Å². The van der Waals surface area contributed by atoms with Gasteiger partial charge in [0.1, 0.15) is 23.5 Å². The van der Waals surface area contributed by atoms with Crippen LogP contribution in [0.15, 0.2) is 18.2 Å². The van der Waals surface area contributed by atoms with E-state index in [1.165, 1.54) is 0 Å². The first-order valence-electron chi connectivity index (χ1n) is 9.43. The fourth-order valence-electron chi connectivity index (χ4n) is 4.79. The lowest BCUT2D eigenvalue weighted by Crippen LogP contribution is -2.46. The number of carboxylic acid groups (broad SMARTS) is 1. The minimum Gasteiger partial charge on any atom is -0.497 e. The average molecular weight is 383 g/mol. The van der Waals surface area contributed by atoms with E-state index in [4.69, 9.17) is 9.47 Å². The highest BCUT2D eigenvalue weighted by Gasteiger charge is 2.58. The summed E-state index contributed by atoms with van der Waals surface area (Å²) in [5.41, 5.74) is 2.08. The number of benzene rings is 1. The Kier molecular flexibility index (Phi) is 3.65. The van der Waals surface area contributed by atoms with E-state index < -0.39 is 11.4 Å². The fraction of sp³-hybridized carbons (Fsp3) is 0.450. The van der Waals surface area contributed by atoms with E-state index in [0.717, 1.165) is 36.1 Å².